The minimum atomic E-state index is 0.593. The summed E-state index contributed by atoms with van der Waals surface area (Å²) in [6, 6.07) is 10.9. The molecule has 0 aliphatic heterocycles. The van der Waals surface area contributed by atoms with Crippen LogP contribution in [-0.2, 0) is 0 Å². The number of nitrogens with zero attached hydrogens (tertiary/aromatic N) is 2. The summed E-state index contributed by atoms with van der Waals surface area (Å²) in [5, 5.41) is 0. The van der Waals surface area contributed by atoms with Crippen molar-refractivity contribution in [1.29, 1.82) is 0 Å². The van der Waals surface area contributed by atoms with E-state index in [9.17, 15) is 0 Å². The zero-order valence-electron chi connectivity index (χ0n) is 13.1. The molecule has 0 amide bonds. The van der Waals surface area contributed by atoms with E-state index in [1.54, 1.807) is 38.9 Å². The third-order valence-corrected chi connectivity index (χ3v) is 3.68. The number of methoxy groups -OCH3 is 2. The van der Waals surface area contributed by atoms with Crippen LogP contribution in [0, 0.1) is 0 Å². The smallest absolute Gasteiger partial charge is 0.163 e. The molecule has 0 spiro atoms. The Hall–Kier alpha value is -3.28. The van der Waals surface area contributed by atoms with Gasteiger partial charge in [-0.05, 0) is 24.3 Å². The van der Waals surface area contributed by atoms with Gasteiger partial charge < -0.3 is 18.3 Å². The van der Waals surface area contributed by atoms with Crippen LogP contribution in [0.3, 0.4) is 0 Å². The van der Waals surface area contributed by atoms with Crippen LogP contribution >= 0.6 is 0 Å². The monoisotopic (exact) mass is 322 g/mol. The van der Waals surface area contributed by atoms with Gasteiger partial charge in [0.2, 0.25) is 0 Å². The van der Waals surface area contributed by atoms with Crippen LogP contribution in [0.2, 0.25) is 0 Å². The molecule has 120 valence electrons. The number of hydrogen-bond acceptors (Lipinski definition) is 6. The highest BCUT2D eigenvalue weighted by Gasteiger charge is 2.18. The van der Waals surface area contributed by atoms with Gasteiger partial charge in [0.05, 0.1) is 37.8 Å². The van der Waals surface area contributed by atoms with Gasteiger partial charge in [-0.3, -0.25) is 0 Å². The highest BCUT2D eigenvalue weighted by atomic mass is 16.5. The molecule has 0 radical (unpaired) electrons. The predicted molar refractivity (Wildman–Crippen MR) is 88.0 cm³/mol. The number of aromatic nitrogens is 2. The largest absolute Gasteiger partial charge is 0.493 e. The van der Waals surface area contributed by atoms with E-state index in [0.29, 0.717) is 45.4 Å². The molecule has 0 saturated carbocycles. The molecule has 0 unspecified atom stereocenters. The average molecular weight is 322 g/mol. The molecule has 3 heterocycles. The Bertz CT molecular complexity index is 895. The standard InChI is InChI=1S/C18H14N2O4/c1-21-15-9-11-12(10-16(15)22-2)20-18(14-6-4-8-24-14)17(19-11)13-5-3-7-23-13/h3-10H,1-2H3. The predicted octanol–water partition coefficient (Wildman–Crippen LogP) is 4.17. The minimum absolute atomic E-state index is 0.593. The van der Waals surface area contributed by atoms with Crippen LogP contribution in [-0.4, -0.2) is 24.2 Å². The van der Waals surface area contributed by atoms with Crippen LogP contribution in [0.15, 0.2) is 57.8 Å². The van der Waals surface area contributed by atoms with Gasteiger partial charge in [-0.15, -0.1) is 0 Å². The third kappa shape index (κ3) is 2.28. The summed E-state index contributed by atoms with van der Waals surface area (Å²) >= 11 is 0. The summed E-state index contributed by atoms with van der Waals surface area (Å²) in [4.78, 5) is 9.41. The topological polar surface area (TPSA) is 70.5 Å². The second-order valence-electron chi connectivity index (χ2n) is 5.07. The van der Waals surface area contributed by atoms with Gasteiger partial charge >= 0.3 is 0 Å². The van der Waals surface area contributed by atoms with E-state index in [0.717, 1.165) is 0 Å². The van der Waals surface area contributed by atoms with E-state index >= 15 is 0 Å². The van der Waals surface area contributed by atoms with E-state index in [1.807, 2.05) is 24.3 Å². The SMILES string of the molecule is COc1cc2nc(-c3ccco3)c(-c3ccco3)nc2cc1OC. The number of rotatable bonds is 4. The minimum Gasteiger partial charge on any atom is -0.493 e. The highest BCUT2D eigenvalue weighted by molar-refractivity contribution is 5.86. The molecule has 6 heteroatoms. The van der Waals surface area contributed by atoms with Crippen molar-refractivity contribution in [2.45, 2.75) is 0 Å². The van der Waals surface area contributed by atoms with Crippen molar-refractivity contribution in [2.24, 2.45) is 0 Å². The molecule has 0 aliphatic rings. The molecule has 0 atom stereocenters. The summed E-state index contributed by atoms with van der Waals surface area (Å²) in [5.41, 5.74) is 2.56. The average Bonchev–Trinajstić information content (AvgIpc) is 3.32. The van der Waals surface area contributed by atoms with E-state index in [4.69, 9.17) is 28.3 Å². The van der Waals surface area contributed by atoms with E-state index in [1.165, 1.54) is 0 Å². The first-order chi connectivity index (χ1) is 11.8. The van der Waals surface area contributed by atoms with Gasteiger partial charge in [-0.2, -0.15) is 0 Å². The zero-order valence-corrected chi connectivity index (χ0v) is 13.1. The first-order valence-electron chi connectivity index (χ1n) is 7.31. The second-order valence-corrected chi connectivity index (χ2v) is 5.07. The van der Waals surface area contributed by atoms with Crippen molar-refractivity contribution >= 4 is 11.0 Å². The van der Waals surface area contributed by atoms with Gasteiger partial charge in [0.15, 0.2) is 23.0 Å². The molecule has 24 heavy (non-hydrogen) atoms. The molecule has 0 bridgehead atoms. The lowest BCUT2D eigenvalue weighted by atomic mass is 10.1. The van der Waals surface area contributed by atoms with E-state index < -0.39 is 0 Å². The van der Waals surface area contributed by atoms with Gasteiger partial charge in [-0.25, -0.2) is 9.97 Å². The first-order valence-corrected chi connectivity index (χ1v) is 7.31. The van der Waals surface area contributed by atoms with Crippen LogP contribution in [0.5, 0.6) is 11.5 Å². The number of hydrogen-bond donors (Lipinski definition) is 0. The fraction of sp³-hybridized carbons (Fsp3) is 0.111. The first kappa shape index (κ1) is 14.3. The normalized spacial score (nSPS) is 10.9. The number of fused-ring (bicyclic) bond motifs is 1. The van der Waals surface area contributed by atoms with E-state index in [2.05, 4.69) is 0 Å². The molecule has 3 aromatic heterocycles. The molecule has 0 fully saturated rings. The highest BCUT2D eigenvalue weighted by Crippen LogP contribution is 2.35. The summed E-state index contributed by atoms with van der Waals surface area (Å²) in [6.07, 6.45) is 3.20. The molecule has 6 nitrogen and oxygen atoms in total. The maximum absolute atomic E-state index is 5.51. The fourth-order valence-corrected chi connectivity index (χ4v) is 2.55. The number of benzene rings is 1. The molecule has 0 saturated heterocycles. The number of furan rings is 2. The molecular weight excluding hydrogens is 308 g/mol. The summed E-state index contributed by atoms with van der Waals surface area (Å²) in [6.45, 7) is 0. The lowest BCUT2D eigenvalue weighted by Crippen LogP contribution is -1.97. The van der Waals surface area contributed by atoms with Gasteiger partial charge in [0.25, 0.3) is 0 Å². The van der Waals surface area contributed by atoms with Crippen molar-refractivity contribution in [2.75, 3.05) is 14.2 Å². The fourth-order valence-electron chi connectivity index (χ4n) is 2.55. The summed E-state index contributed by atoms with van der Waals surface area (Å²) in [7, 11) is 3.17. The Morgan fingerprint density at radius 2 is 1.21 bits per heavy atom. The van der Waals surface area contributed by atoms with Crippen molar-refractivity contribution in [3.8, 4) is 34.4 Å². The third-order valence-electron chi connectivity index (χ3n) is 3.68. The molecule has 0 aliphatic carbocycles. The molecule has 0 N–H and O–H groups in total. The van der Waals surface area contributed by atoms with E-state index in [-0.39, 0.29) is 0 Å². The molecule has 4 rings (SSSR count). The Morgan fingerprint density at radius 1 is 0.750 bits per heavy atom. The Labute approximate surface area is 137 Å². The summed E-state index contributed by atoms with van der Waals surface area (Å²) < 4.78 is 21.7. The Kier molecular flexibility index (Phi) is 3.42. The van der Waals surface area contributed by atoms with Crippen molar-refractivity contribution < 1.29 is 18.3 Å². The molecular formula is C18H14N2O4. The van der Waals surface area contributed by atoms with Crippen LogP contribution < -0.4 is 9.47 Å². The van der Waals surface area contributed by atoms with Crippen LogP contribution in [0.25, 0.3) is 33.9 Å². The maximum Gasteiger partial charge on any atom is 0.163 e. The lowest BCUT2D eigenvalue weighted by molar-refractivity contribution is 0.355. The van der Waals surface area contributed by atoms with Gasteiger partial charge in [0.1, 0.15) is 11.4 Å². The van der Waals surface area contributed by atoms with Gasteiger partial charge in [0, 0.05) is 12.1 Å². The maximum atomic E-state index is 5.51. The van der Waals surface area contributed by atoms with Crippen molar-refractivity contribution in [1.82, 2.24) is 9.97 Å². The zero-order chi connectivity index (χ0) is 16.5. The van der Waals surface area contributed by atoms with Crippen LogP contribution in [0.4, 0.5) is 0 Å². The van der Waals surface area contributed by atoms with Gasteiger partial charge in [-0.1, -0.05) is 0 Å². The van der Waals surface area contributed by atoms with Crippen molar-refractivity contribution in [3.05, 3.63) is 48.9 Å². The Balaban J connectivity index is 2.02. The lowest BCUT2D eigenvalue weighted by Gasteiger charge is -2.10. The van der Waals surface area contributed by atoms with Crippen molar-refractivity contribution in [3.63, 3.8) is 0 Å². The van der Waals surface area contributed by atoms with Crippen LogP contribution in [0.1, 0.15) is 0 Å². The quantitative estimate of drug-likeness (QED) is 0.561. The second kappa shape index (κ2) is 5.73. The summed E-state index contributed by atoms with van der Waals surface area (Å²) in [5.74, 6) is 2.42. The Morgan fingerprint density at radius 3 is 1.54 bits per heavy atom. The molecule has 1 aromatic carbocycles. The molecule has 4 aromatic rings. The number of ether oxygens (including phenoxy) is 2.